The number of phosphoric ester groups is 1. The molecule has 0 aromatic heterocycles. The number of phosphoric acid groups is 2. The minimum Gasteiger partial charge on any atom is -0.387 e. The minimum absolute atomic E-state index is 0.159. The Hall–Kier alpha value is -1.32. The van der Waals surface area contributed by atoms with Gasteiger partial charge in [0, 0.05) is 0 Å². The Bertz CT molecular complexity index is 1150. The normalized spacial score (nSPS) is 34.9. The predicted molar refractivity (Wildman–Crippen MR) is 121 cm³/mol. The second-order valence-electron chi connectivity index (χ2n) is 7.48. The molecule has 0 aromatic carbocycles. The van der Waals surface area contributed by atoms with Gasteiger partial charge in [0.25, 0.3) is 5.91 Å². The van der Waals surface area contributed by atoms with Crippen molar-refractivity contribution in [1.29, 1.82) is 0 Å². The molecule has 0 aliphatic carbocycles. The van der Waals surface area contributed by atoms with Gasteiger partial charge in [0.05, 0.1) is 13.7 Å². The molecule has 3 rings (SSSR count). The van der Waals surface area contributed by atoms with Crippen molar-refractivity contribution in [2.24, 2.45) is 10.7 Å². The van der Waals surface area contributed by atoms with E-state index in [9.17, 15) is 38.8 Å². The first-order valence-electron chi connectivity index (χ1n) is 9.69. The van der Waals surface area contributed by atoms with Crippen LogP contribution in [0, 0.1) is 12.3 Å². The molecule has 0 saturated carbocycles. The largest absolute Gasteiger partial charge is 0.488 e. The fraction of sp³-hybridized carbons (Fsp3) is 0.643. The lowest BCUT2D eigenvalue weighted by atomic mass is 10.1. The summed E-state index contributed by atoms with van der Waals surface area (Å²) in [5.41, 5.74) is 5.62. The van der Waals surface area contributed by atoms with Gasteiger partial charge in [-0.25, -0.2) is 23.3 Å². The van der Waals surface area contributed by atoms with E-state index in [0.29, 0.717) is 0 Å². The number of ether oxygens (including phenoxy) is 1. The first-order chi connectivity index (χ1) is 16.6. The van der Waals surface area contributed by atoms with E-state index >= 15 is 0 Å². The van der Waals surface area contributed by atoms with Crippen LogP contribution in [-0.2, 0) is 48.1 Å². The van der Waals surface area contributed by atoms with Gasteiger partial charge in [-0.2, -0.15) is 4.31 Å². The number of nitrogens with two attached hydrogens (primary N) is 1. The fourth-order valence-electron chi connectivity index (χ4n) is 3.50. The molecule has 18 nitrogen and oxygen atoms in total. The molecule has 1 fully saturated rings. The van der Waals surface area contributed by atoms with Crippen LogP contribution in [0.25, 0.3) is 0 Å². The van der Waals surface area contributed by atoms with Crippen LogP contribution in [-0.4, -0.2) is 110 Å². The Morgan fingerprint density at radius 2 is 1.94 bits per heavy atom. The summed E-state index contributed by atoms with van der Waals surface area (Å²) in [6.07, 6.45) is -0.436. The number of fused-ring (bicyclic) bond motifs is 1. The summed E-state index contributed by atoms with van der Waals surface area (Å²) in [4.78, 5) is 46.8. The van der Waals surface area contributed by atoms with Crippen molar-refractivity contribution in [2.75, 3.05) is 20.3 Å². The van der Waals surface area contributed by atoms with Gasteiger partial charge in [-0.3, -0.25) is 19.2 Å². The van der Waals surface area contributed by atoms with Crippen molar-refractivity contribution >= 4 is 52.4 Å². The maximum absolute atomic E-state index is 12.2. The average Bonchev–Trinajstić information content (AvgIpc) is 3.19. The Kier molecular flexibility index (Phi) is 8.78. The lowest BCUT2D eigenvalue weighted by Gasteiger charge is -2.27. The van der Waals surface area contributed by atoms with Crippen LogP contribution in [0.3, 0.4) is 0 Å². The highest BCUT2D eigenvalue weighted by molar-refractivity contribution is 8.08. The third-order valence-electron chi connectivity index (χ3n) is 4.89. The van der Waals surface area contributed by atoms with E-state index in [0.717, 1.165) is 0 Å². The van der Waals surface area contributed by atoms with Gasteiger partial charge in [-0.1, -0.05) is 5.92 Å². The van der Waals surface area contributed by atoms with E-state index in [-0.39, 0.29) is 5.96 Å². The van der Waals surface area contributed by atoms with Gasteiger partial charge in [0.1, 0.15) is 24.9 Å². The lowest BCUT2D eigenvalue weighted by molar-refractivity contribution is -0.513. The Balaban J connectivity index is 1.63. The number of likely N-dealkylation sites (N-methyl/N-ethyl adjacent to an activating group) is 1. The molecule has 1 saturated heterocycles. The standard InChI is InChI=1S/C14H22N5O13P3S/c1-3-4-28-33(23,24)31-34(25,26)32-35(27,36)29-5-7-9(20)10(21)13(30-7)19-6-18(2)8-11(19)16-14(15)17-12(8)22/h1,6-11,13,20-21H,4-5H2,2H3,(H5-,15,16,17,22,23,24,25,26,27,36)/p+1. The molecule has 9 atom stereocenters. The van der Waals surface area contributed by atoms with Crippen molar-refractivity contribution in [3.8, 4) is 12.3 Å². The number of hydrogen-bond donors (Lipinski definition) is 7. The van der Waals surface area contributed by atoms with E-state index in [1.165, 1.54) is 15.8 Å². The quantitative estimate of drug-likeness (QED) is 0.0742. The second kappa shape index (κ2) is 10.8. The molecule has 22 heteroatoms. The van der Waals surface area contributed by atoms with Crippen LogP contribution in [0.15, 0.2) is 4.99 Å². The summed E-state index contributed by atoms with van der Waals surface area (Å²) in [5, 5.41) is 23.3. The first-order valence-corrected chi connectivity index (χ1v) is 15.3. The number of carbonyl (C=O) groups excluding carboxylic acids is 1. The fourth-order valence-corrected chi connectivity index (χ4v) is 7.86. The zero-order valence-corrected chi connectivity index (χ0v) is 21.7. The summed E-state index contributed by atoms with van der Waals surface area (Å²) in [7, 11) is -9.08. The number of aliphatic hydroxyl groups excluding tert-OH is 2. The number of aliphatic hydroxyl groups is 2. The number of rotatable bonds is 10. The summed E-state index contributed by atoms with van der Waals surface area (Å²) >= 11 is 4.59. The molecule has 3 heterocycles. The Labute approximate surface area is 208 Å². The van der Waals surface area contributed by atoms with Gasteiger partial charge in [-0.15, -0.1) is 6.42 Å². The van der Waals surface area contributed by atoms with Crippen LogP contribution >= 0.6 is 22.4 Å². The van der Waals surface area contributed by atoms with Crippen LogP contribution in [0.1, 0.15) is 0 Å². The van der Waals surface area contributed by atoms with E-state index in [4.69, 9.17) is 21.4 Å². The zero-order valence-electron chi connectivity index (χ0n) is 18.2. The number of nitrogens with one attached hydrogen (secondary N) is 1. The summed E-state index contributed by atoms with van der Waals surface area (Å²) in [5.74, 6) is 1.22. The lowest BCUT2D eigenvalue weighted by Crippen LogP contribution is -2.58. The monoisotopic (exact) mass is 594 g/mol. The molecule has 202 valence electrons. The highest BCUT2D eigenvalue weighted by Crippen LogP contribution is 2.67. The van der Waals surface area contributed by atoms with Crippen molar-refractivity contribution in [1.82, 2.24) is 10.2 Å². The molecule has 9 unspecified atom stereocenters. The van der Waals surface area contributed by atoms with Crippen LogP contribution < -0.4 is 11.1 Å². The average molecular weight is 594 g/mol. The Morgan fingerprint density at radius 1 is 1.28 bits per heavy atom. The maximum Gasteiger partial charge on any atom is 0.488 e. The molecule has 3 aliphatic heterocycles. The van der Waals surface area contributed by atoms with E-state index in [1.807, 2.05) is 5.92 Å². The van der Waals surface area contributed by atoms with E-state index in [1.54, 1.807) is 7.05 Å². The van der Waals surface area contributed by atoms with Gasteiger partial charge < -0.3 is 39.9 Å². The van der Waals surface area contributed by atoms with E-state index < -0.39 is 78.2 Å². The number of amides is 1. The number of terminal acetylenes is 1. The number of nitrogens with zero attached hydrogens (tertiary/aromatic N) is 3. The maximum atomic E-state index is 12.2. The number of hydrogen-bond acceptors (Lipinski definition) is 14. The van der Waals surface area contributed by atoms with Crippen LogP contribution in [0.4, 0.5) is 0 Å². The third kappa shape index (κ3) is 6.76. The molecule has 3 aliphatic rings. The SMILES string of the molecule is C#CCOP(=O)(O)OP(=O)(O)OP(O)(=S)OCC1OC(N2C=[N+](C)C3C(=O)NC(N)=NC32)C(O)C1O. The number of carbonyl (C=O) groups is 1. The molecule has 0 radical (unpaired) electrons. The highest BCUT2D eigenvalue weighted by Gasteiger charge is 2.57. The molecular weight excluding hydrogens is 571 g/mol. The summed E-state index contributed by atoms with van der Waals surface area (Å²) < 4.78 is 47.9. The van der Waals surface area contributed by atoms with Gasteiger partial charge in [-0.05, 0) is 11.8 Å². The van der Waals surface area contributed by atoms with Crippen molar-refractivity contribution < 1.29 is 65.8 Å². The zero-order chi connectivity index (χ0) is 27.1. The van der Waals surface area contributed by atoms with Crippen molar-refractivity contribution in [3.63, 3.8) is 0 Å². The van der Waals surface area contributed by atoms with E-state index in [2.05, 4.69) is 35.3 Å². The van der Waals surface area contributed by atoms with Crippen LogP contribution in [0.5, 0.6) is 0 Å². The first kappa shape index (κ1) is 29.2. The smallest absolute Gasteiger partial charge is 0.387 e. The van der Waals surface area contributed by atoms with Gasteiger partial charge in [0.15, 0.2) is 5.96 Å². The Morgan fingerprint density at radius 3 is 2.58 bits per heavy atom. The molecule has 0 aromatic rings. The molecule has 1 amide bonds. The third-order valence-corrected chi connectivity index (χ3v) is 10.0. The number of aliphatic imine (C=N–C) groups is 1. The molecule has 0 bridgehead atoms. The van der Waals surface area contributed by atoms with Gasteiger partial charge in [0.2, 0.25) is 24.8 Å². The molecule has 0 spiro atoms. The minimum atomic E-state index is -5.50. The van der Waals surface area contributed by atoms with Crippen LogP contribution in [0.2, 0.25) is 0 Å². The van der Waals surface area contributed by atoms with Crippen molar-refractivity contribution in [3.05, 3.63) is 0 Å². The molecular formula is C14H23N5O13P3S+. The summed E-state index contributed by atoms with van der Waals surface area (Å²) in [6.45, 7) is -6.16. The number of guanidine groups is 1. The van der Waals surface area contributed by atoms with Gasteiger partial charge >= 0.3 is 22.4 Å². The van der Waals surface area contributed by atoms with Crippen molar-refractivity contribution in [2.45, 2.75) is 36.7 Å². The molecule has 8 N–H and O–H groups in total. The topological polar surface area (TPSA) is 255 Å². The molecule has 36 heavy (non-hydrogen) atoms. The highest BCUT2D eigenvalue weighted by atomic mass is 32.5. The second-order valence-corrected chi connectivity index (χ2v) is 13.5. The predicted octanol–water partition coefficient (Wildman–Crippen LogP) is -3.32. The summed E-state index contributed by atoms with van der Waals surface area (Å²) in [6, 6.07) is -0.802.